The summed E-state index contributed by atoms with van der Waals surface area (Å²) >= 11 is 0. The molecule has 0 aliphatic heterocycles. The van der Waals surface area contributed by atoms with Gasteiger partial charge in [-0.1, -0.05) is 19.1 Å². The lowest BCUT2D eigenvalue weighted by Crippen LogP contribution is -1.88. The lowest BCUT2D eigenvalue weighted by molar-refractivity contribution is 0.328. The minimum Gasteiger partial charge on any atom is -0.424 e. The molecule has 0 heterocycles. The zero-order valence-corrected chi connectivity index (χ0v) is 8.58. The van der Waals surface area contributed by atoms with Crippen LogP contribution < -0.4 is 0 Å². The van der Waals surface area contributed by atoms with Gasteiger partial charge < -0.3 is 9.05 Å². The van der Waals surface area contributed by atoms with Gasteiger partial charge in [0, 0.05) is 0 Å². The third-order valence-electron chi connectivity index (χ3n) is 1.10. The standard InChI is InChI=1S/C8H15O3P/c1-4-7-10-12(9,6-3)11-8-5-2/h4-5,7-8H,6H2,1-3H3. The van der Waals surface area contributed by atoms with E-state index in [1.165, 1.54) is 12.5 Å². The predicted molar refractivity (Wildman–Crippen MR) is 49.9 cm³/mol. The molecular weight excluding hydrogens is 175 g/mol. The largest absolute Gasteiger partial charge is 0.429 e. The van der Waals surface area contributed by atoms with E-state index < -0.39 is 7.60 Å². The molecule has 4 heteroatoms. The van der Waals surface area contributed by atoms with Gasteiger partial charge in [-0.05, 0) is 13.8 Å². The molecule has 0 aromatic carbocycles. The Labute approximate surface area is 73.6 Å². The van der Waals surface area contributed by atoms with Gasteiger partial charge in [0.15, 0.2) is 0 Å². The number of hydrogen-bond donors (Lipinski definition) is 0. The maximum absolute atomic E-state index is 11.6. The zero-order chi connectivity index (χ0) is 9.45. The molecule has 0 amide bonds. The average molecular weight is 190 g/mol. The molecule has 0 N–H and O–H groups in total. The van der Waals surface area contributed by atoms with Crippen LogP contribution in [0, 0.1) is 0 Å². The van der Waals surface area contributed by atoms with Crippen molar-refractivity contribution in [3.05, 3.63) is 24.7 Å². The minimum absolute atomic E-state index is 0.363. The molecule has 0 aliphatic carbocycles. The molecule has 0 fully saturated rings. The quantitative estimate of drug-likeness (QED) is 0.492. The molecule has 0 rings (SSSR count). The average Bonchev–Trinajstić information content (AvgIpc) is 2.11. The molecule has 3 nitrogen and oxygen atoms in total. The van der Waals surface area contributed by atoms with Crippen molar-refractivity contribution in [1.82, 2.24) is 0 Å². The Hall–Kier alpha value is -0.690. The van der Waals surface area contributed by atoms with Crippen LogP contribution in [0.4, 0.5) is 0 Å². The molecule has 0 spiro atoms. The maximum atomic E-state index is 11.6. The molecule has 0 saturated heterocycles. The van der Waals surface area contributed by atoms with Crippen molar-refractivity contribution >= 4 is 7.60 Å². The molecular formula is C8H15O3P. The van der Waals surface area contributed by atoms with Gasteiger partial charge in [0.1, 0.15) is 0 Å². The van der Waals surface area contributed by atoms with Crippen LogP contribution >= 0.6 is 7.60 Å². The minimum atomic E-state index is -2.91. The molecule has 0 unspecified atom stereocenters. The highest BCUT2D eigenvalue weighted by molar-refractivity contribution is 7.53. The van der Waals surface area contributed by atoms with Crippen LogP contribution in [0.5, 0.6) is 0 Å². The first-order valence-electron chi connectivity index (χ1n) is 3.86. The summed E-state index contributed by atoms with van der Waals surface area (Å²) in [5.41, 5.74) is 0. The van der Waals surface area contributed by atoms with Gasteiger partial charge in [-0.2, -0.15) is 0 Å². The van der Waals surface area contributed by atoms with Crippen LogP contribution in [0.3, 0.4) is 0 Å². The second-order valence-electron chi connectivity index (χ2n) is 2.08. The predicted octanol–water partition coefficient (Wildman–Crippen LogP) is 3.30. The molecule has 0 saturated carbocycles. The first kappa shape index (κ1) is 11.3. The highest BCUT2D eigenvalue weighted by Crippen LogP contribution is 2.48. The van der Waals surface area contributed by atoms with Gasteiger partial charge in [-0.25, -0.2) is 4.57 Å². The highest BCUT2D eigenvalue weighted by Gasteiger charge is 2.20. The summed E-state index contributed by atoms with van der Waals surface area (Å²) in [5.74, 6) is 0. The monoisotopic (exact) mass is 190 g/mol. The summed E-state index contributed by atoms with van der Waals surface area (Å²) in [5, 5.41) is 0. The van der Waals surface area contributed by atoms with Crippen LogP contribution in [0.2, 0.25) is 0 Å². The summed E-state index contributed by atoms with van der Waals surface area (Å²) in [4.78, 5) is 0. The Kier molecular flexibility index (Phi) is 5.56. The van der Waals surface area contributed by atoms with Gasteiger partial charge >= 0.3 is 7.60 Å². The summed E-state index contributed by atoms with van der Waals surface area (Å²) < 4.78 is 21.4. The summed E-state index contributed by atoms with van der Waals surface area (Å²) in [7, 11) is -2.91. The normalized spacial score (nSPS) is 16.6. The highest BCUT2D eigenvalue weighted by atomic mass is 31.2. The molecule has 0 atom stereocenters. The van der Waals surface area contributed by atoms with Crippen LogP contribution in [0.1, 0.15) is 20.8 Å². The Bertz CT molecular complexity index is 190. The molecule has 0 bridgehead atoms. The molecule has 12 heavy (non-hydrogen) atoms. The fraction of sp³-hybridized carbons (Fsp3) is 0.500. The van der Waals surface area contributed by atoms with Gasteiger partial charge in [-0.15, -0.1) is 0 Å². The second kappa shape index (κ2) is 5.90. The van der Waals surface area contributed by atoms with E-state index in [0.717, 1.165) is 0 Å². The Morgan fingerprint density at radius 1 is 1.17 bits per heavy atom. The zero-order valence-electron chi connectivity index (χ0n) is 7.69. The molecule has 70 valence electrons. The Morgan fingerprint density at radius 3 is 1.83 bits per heavy atom. The molecule has 0 aromatic heterocycles. The van der Waals surface area contributed by atoms with Crippen molar-refractivity contribution in [1.29, 1.82) is 0 Å². The topological polar surface area (TPSA) is 35.5 Å². The number of hydrogen-bond acceptors (Lipinski definition) is 3. The van der Waals surface area contributed by atoms with Crippen LogP contribution in [-0.2, 0) is 13.6 Å². The van der Waals surface area contributed by atoms with Gasteiger partial charge in [-0.3, -0.25) is 0 Å². The third kappa shape index (κ3) is 4.24. The van der Waals surface area contributed by atoms with E-state index in [1.807, 2.05) is 0 Å². The maximum Gasteiger partial charge on any atom is 0.429 e. The molecule has 0 radical (unpaired) electrons. The molecule has 0 aliphatic rings. The number of rotatable bonds is 5. The molecule has 0 aromatic rings. The van der Waals surface area contributed by atoms with E-state index in [0.29, 0.717) is 6.16 Å². The smallest absolute Gasteiger partial charge is 0.424 e. The first-order chi connectivity index (χ1) is 5.68. The first-order valence-corrected chi connectivity index (χ1v) is 5.59. The van der Waals surface area contributed by atoms with Crippen molar-refractivity contribution in [2.75, 3.05) is 6.16 Å². The van der Waals surface area contributed by atoms with Crippen molar-refractivity contribution in [3.8, 4) is 0 Å². The van der Waals surface area contributed by atoms with Gasteiger partial charge in [0.2, 0.25) is 0 Å². The number of allylic oxidation sites excluding steroid dienone is 2. The van der Waals surface area contributed by atoms with Crippen LogP contribution in [-0.4, -0.2) is 6.16 Å². The van der Waals surface area contributed by atoms with Crippen molar-refractivity contribution in [3.63, 3.8) is 0 Å². The van der Waals surface area contributed by atoms with Gasteiger partial charge in [0.05, 0.1) is 18.7 Å². The summed E-state index contributed by atoms with van der Waals surface area (Å²) in [6.07, 6.45) is 6.46. The van der Waals surface area contributed by atoms with E-state index in [4.69, 9.17) is 9.05 Å². The summed E-state index contributed by atoms with van der Waals surface area (Å²) in [6.45, 7) is 5.33. The fourth-order valence-electron chi connectivity index (χ4n) is 0.481. The van der Waals surface area contributed by atoms with Crippen molar-refractivity contribution in [2.45, 2.75) is 20.8 Å². The van der Waals surface area contributed by atoms with E-state index in [1.54, 1.807) is 32.9 Å². The lowest BCUT2D eigenvalue weighted by atomic mass is 10.8. The third-order valence-corrected chi connectivity index (χ3v) is 2.76. The SMILES string of the molecule is CC=COP(=O)(CC)OC=CC. The summed E-state index contributed by atoms with van der Waals surface area (Å²) in [6, 6.07) is 0. The van der Waals surface area contributed by atoms with Crippen molar-refractivity contribution < 1.29 is 13.6 Å². The Balaban J connectivity index is 4.14. The van der Waals surface area contributed by atoms with Gasteiger partial charge in [0.25, 0.3) is 0 Å². The van der Waals surface area contributed by atoms with E-state index in [-0.39, 0.29) is 0 Å². The fourth-order valence-corrected chi connectivity index (χ4v) is 1.44. The van der Waals surface area contributed by atoms with E-state index in [9.17, 15) is 4.57 Å². The second-order valence-corrected chi connectivity index (χ2v) is 4.35. The van der Waals surface area contributed by atoms with Crippen molar-refractivity contribution in [2.24, 2.45) is 0 Å². The Morgan fingerprint density at radius 2 is 1.58 bits per heavy atom. The lowest BCUT2D eigenvalue weighted by Gasteiger charge is -2.12. The van der Waals surface area contributed by atoms with E-state index >= 15 is 0 Å². The van der Waals surface area contributed by atoms with Crippen LogP contribution in [0.25, 0.3) is 0 Å². The van der Waals surface area contributed by atoms with E-state index in [2.05, 4.69) is 0 Å². The van der Waals surface area contributed by atoms with Crippen LogP contribution in [0.15, 0.2) is 24.7 Å².